The van der Waals surface area contributed by atoms with Gasteiger partial charge in [0.25, 0.3) is 6.01 Å². The zero-order chi connectivity index (χ0) is 29.1. The number of rotatable bonds is 8. The van der Waals surface area contributed by atoms with Crippen molar-refractivity contribution in [3.8, 4) is 28.5 Å². The molecule has 222 valence electrons. The molecule has 2 N–H and O–H groups in total. The van der Waals surface area contributed by atoms with E-state index in [9.17, 15) is 13.2 Å². The molecule has 2 aliphatic rings. The fraction of sp³-hybridized carbons (Fsp3) is 0.433. The Morgan fingerprint density at radius 2 is 1.62 bits per heavy atom. The average molecular weight is 583 g/mol. The molecule has 9 nitrogen and oxygen atoms in total. The van der Waals surface area contributed by atoms with Crippen LogP contribution in [0.3, 0.4) is 0 Å². The smallest absolute Gasteiger partial charge is 0.424 e. The first-order valence-electron chi connectivity index (χ1n) is 14.3. The van der Waals surface area contributed by atoms with Crippen LogP contribution in [0.15, 0.2) is 63.6 Å². The largest absolute Gasteiger partial charge is 0.573 e. The topological polar surface area (TPSA) is 101 Å². The number of halogens is 3. The predicted molar refractivity (Wildman–Crippen MR) is 151 cm³/mol. The minimum Gasteiger partial charge on any atom is -0.424 e. The molecule has 3 atom stereocenters. The number of benzene rings is 2. The van der Waals surface area contributed by atoms with E-state index < -0.39 is 6.36 Å². The highest BCUT2D eigenvalue weighted by atomic mass is 19.4. The molecule has 1 saturated heterocycles. The average Bonchev–Trinajstić information content (AvgIpc) is 3.63. The minimum absolute atomic E-state index is 0.153. The van der Waals surface area contributed by atoms with Crippen molar-refractivity contribution in [2.24, 2.45) is 0 Å². The first-order chi connectivity index (χ1) is 20.3. The zero-order valence-corrected chi connectivity index (χ0v) is 23.2. The van der Waals surface area contributed by atoms with Gasteiger partial charge in [0, 0.05) is 55.0 Å². The first-order valence-corrected chi connectivity index (χ1v) is 14.3. The molecule has 2 aromatic carbocycles. The Hall–Kier alpha value is -4.06. The van der Waals surface area contributed by atoms with E-state index in [1.807, 2.05) is 12.1 Å². The highest BCUT2D eigenvalue weighted by Gasteiger charge is 2.32. The molecule has 1 saturated carbocycles. The quantitative estimate of drug-likeness (QED) is 0.239. The number of anilines is 2. The van der Waals surface area contributed by atoms with Crippen LogP contribution >= 0.6 is 0 Å². The van der Waals surface area contributed by atoms with Gasteiger partial charge in [0.15, 0.2) is 5.76 Å². The van der Waals surface area contributed by atoms with Crippen LogP contribution in [0, 0.1) is 6.92 Å². The Labute approximate surface area is 241 Å². The number of oxazole rings is 1. The molecule has 1 aliphatic carbocycles. The number of aryl methyl sites for hydroxylation is 1. The Balaban J connectivity index is 1.06. The van der Waals surface area contributed by atoms with E-state index in [-0.39, 0.29) is 17.8 Å². The SMILES string of the molecule is Cc1nnc(-c2ccc(N3CCC[C@H](N[C@@H]4CCCC[C@H]4Nc4ncc(-c5ccc(OC(F)(F)F)cc5)o4)C3)cc2)o1. The van der Waals surface area contributed by atoms with Crippen LogP contribution in [0.1, 0.15) is 44.4 Å². The summed E-state index contributed by atoms with van der Waals surface area (Å²) in [6, 6.07) is 15.0. The Kier molecular flexibility index (Phi) is 8.05. The molecule has 1 aliphatic heterocycles. The van der Waals surface area contributed by atoms with Crippen LogP contribution in [-0.4, -0.2) is 52.8 Å². The van der Waals surface area contributed by atoms with Crippen molar-refractivity contribution in [3.05, 3.63) is 60.6 Å². The normalized spacial score (nSPS) is 21.3. The van der Waals surface area contributed by atoms with E-state index in [0.29, 0.717) is 35.2 Å². The third-order valence-electron chi connectivity index (χ3n) is 7.83. The summed E-state index contributed by atoms with van der Waals surface area (Å²) in [4.78, 5) is 6.81. The monoisotopic (exact) mass is 582 g/mol. The van der Waals surface area contributed by atoms with E-state index >= 15 is 0 Å². The maximum absolute atomic E-state index is 12.5. The summed E-state index contributed by atoms with van der Waals surface area (Å²) in [5, 5.41) is 15.4. The van der Waals surface area contributed by atoms with Gasteiger partial charge in [-0.2, -0.15) is 0 Å². The molecule has 2 aromatic heterocycles. The lowest BCUT2D eigenvalue weighted by Gasteiger charge is -2.40. The van der Waals surface area contributed by atoms with Crippen molar-refractivity contribution in [3.63, 3.8) is 0 Å². The van der Waals surface area contributed by atoms with Gasteiger partial charge < -0.3 is 29.1 Å². The van der Waals surface area contributed by atoms with Crippen LogP contribution in [0.2, 0.25) is 0 Å². The molecular formula is C30H33F3N6O3. The molecule has 0 spiro atoms. The fourth-order valence-corrected chi connectivity index (χ4v) is 5.84. The Morgan fingerprint density at radius 3 is 2.33 bits per heavy atom. The maximum Gasteiger partial charge on any atom is 0.573 e. The Morgan fingerprint density at radius 1 is 0.881 bits per heavy atom. The Bertz CT molecular complexity index is 1450. The van der Waals surface area contributed by atoms with Gasteiger partial charge in [-0.05, 0) is 74.2 Å². The standard InChI is InChI=1S/C30H33F3N6O3/c1-19-37-38-28(40-19)21-8-12-23(13-9-21)39-16-4-5-22(18-39)35-25-6-2-3-7-26(25)36-29-34-17-27(41-29)20-10-14-24(15-11-20)42-30(31,32)33/h8-15,17,22,25-26,35H,2-7,16,18H2,1H3,(H,34,36)/t22-,25+,26+/m0/s1. The van der Waals surface area contributed by atoms with E-state index in [4.69, 9.17) is 8.83 Å². The molecule has 3 heterocycles. The zero-order valence-electron chi connectivity index (χ0n) is 23.2. The number of alkyl halides is 3. The summed E-state index contributed by atoms with van der Waals surface area (Å²) in [7, 11) is 0. The van der Waals surface area contributed by atoms with Gasteiger partial charge in [0.2, 0.25) is 11.8 Å². The minimum atomic E-state index is -4.73. The van der Waals surface area contributed by atoms with Crippen LogP contribution in [0.25, 0.3) is 22.8 Å². The van der Waals surface area contributed by atoms with Gasteiger partial charge in [0.05, 0.1) is 6.20 Å². The molecule has 42 heavy (non-hydrogen) atoms. The van der Waals surface area contributed by atoms with Gasteiger partial charge in [-0.1, -0.05) is 12.8 Å². The molecule has 12 heteroatoms. The molecule has 0 unspecified atom stereocenters. The van der Waals surface area contributed by atoms with Gasteiger partial charge in [0.1, 0.15) is 5.75 Å². The summed E-state index contributed by atoms with van der Waals surface area (Å²) in [5.41, 5.74) is 2.69. The number of piperidine rings is 1. The van der Waals surface area contributed by atoms with E-state index in [1.165, 1.54) is 30.0 Å². The summed E-state index contributed by atoms with van der Waals surface area (Å²) < 4.78 is 52.8. The van der Waals surface area contributed by atoms with Crippen molar-refractivity contribution in [2.75, 3.05) is 23.3 Å². The first kappa shape index (κ1) is 28.1. The summed E-state index contributed by atoms with van der Waals surface area (Å²) in [6.45, 7) is 3.70. The van der Waals surface area contributed by atoms with Crippen LogP contribution in [-0.2, 0) is 0 Å². The third-order valence-corrected chi connectivity index (χ3v) is 7.83. The number of nitrogens with one attached hydrogen (secondary N) is 2. The summed E-state index contributed by atoms with van der Waals surface area (Å²) in [6.07, 6.45) is 3.38. The lowest BCUT2D eigenvalue weighted by Crippen LogP contribution is -2.54. The molecule has 0 radical (unpaired) electrons. The van der Waals surface area contributed by atoms with Gasteiger partial charge in [-0.15, -0.1) is 23.4 Å². The molecule has 0 amide bonds. The third kappa shape index (κ3) is 6.87. The lowest BCUT2D eigenvalue weighted by molar-refractivity contribution is -0.274. The lowest BCUT2D eigenvalue weighted by atomic mass is 9.89. The summed E-state index contributed by atoms with van der Waals surface area (Å²) >= 11 is 0. The van der Waals surface area contributed by atoms with Crippen molar-refractivity contribution in [1.82, 2.24) is 20.5 Å². The van der Waals surface area contributed by atoms with Gasteiger partial charge in [-0.25, -0.2) is 4.98 Å². The highest BCUT2D eigenvalue weighted by Crippen LogP contribution is 2.30. The molecular weight excluding hydrogens is 549 g/mol. The molecule has 0 bridgehead atoms. The van der Waals surface area contributed by atoms with E-state index in [0.717, 1.165) is 57.2 Å². The number of hydrogen-bond acceptors (Lipinski definition) is 9. The van der Waals surface area contributed by atoms with Gasteiger partial charge in [-0.3, -0.25) is 0 Å². The number of ether oxygens (including phenoxy) is 1. The number of aromatic nitrogens is 3. The van der Waals surface area contributed by atoms with Gasteiger partial charge >= 0.3 is 6.36 Å². The second-order valence-electron chi connectivity index (χ2n) is 10.9. The molecule has 4 aromatic rings. The predicted octanol–water partition coefficient (Wildman–Crippen LogP) is 6.58. The fourth-order valence-electron chi connectivity index (χ4n) is 5.84. The van der Waals surface area contributed by atoms with Crippen LogP contribution in [0.4, 0.5) is 24.9 Å². The van der Waals surface area contributed by atoms with E-state index in [2.05, 4.69) is 47.6 Å². The second-order valence-corrected chi connectivity index (χ2v) is 10.9. The van der Waals surface area contributed by atoms with Crippen molar-refractivity contribution in [1.29, 1.82) is 0 Å². The number of nitrogens with zero attached hydrogens (tertiary/aromatic N) is 4. The summed E-state index contributed by atoms with van der Waals surface area (Å²) in [5.74, 6) is 1.27. The molecule has 2 fully saturated rings. The van der Waals surface area contributed by atoms with Crippen LogP contribution in [0.5, 0.6) is 5.75 Å². The van der Waals surface area contributed by atoms with Crippen molar-refractivity contribution < 1.29 is 26.7 Å². The maximum atomic E-state index is 12.5. The molecule has 6 rings (SSSR count). The highest BCUT2D eigenvalue weighted by molar-refractivity contribution is 5.60. The van der Waals surface area contributed by atoms with Crippen LogP contribution < -0.4 is 20.3 Å². The van der Waals surface area contributed by atoms with Crippen molar-refractivity contribution >= 4 is 11.7 Å². The second kappa shape index (κ2) is 12.0. The number of hydrogen-bond donors (Lipinski definition) is 2. The van der Waals surface area contributed by atoms with E-state index in [1.54, 1.807) is 13.1 Å². The van der Waals surface area contributed by atoms with Crippen molar-refractivity contribution in [2.45, 2.75) is 69.9 Å².